The minimum atomic E-state index is 0. The highest BCUT2D eigenvalue weighted by atomic mass is 14.6. The number of hydrogen-bond donors (Lipinski definition) is 0. The van der Waals surface area contributed by atoms with Crippen molar-refractivity contribution in [2.24, 2.45) is 52.3 Å². The van der Waals surface area contributed by atoms with E-state index in [9.17, 15) is 0 Å². The van der Waals surface area contributed by atoms with Crippen LogP contribution < -0.4 is 0 Å². The van der Waals surface area contributed by atoms with E-state index >= 15 is 0 Å². The average Bonchev–Trinajstić information content (AvgIpc) is 3.23. The topological polar surface area (TPSA) is 4.36 Å². The standard InChI is InChI=1S/C26H46.C4H8.C2H4N.2C2H6.CH4/c1-6-14-25(4)15-12-20-19(17-25)8-9-22-21(20)13-16-26(5)23(18(3)7-2)10-11-24(22)26;1-4(2)3;1-3-2;2*1-2;/h18-24H,6-17H2,1-5H3;1H2,2-3H3;1H,2H3;2*1-2H3;1H4/q;;+1;;;/t18-,19?,20?,21?,22?,23-,24?,25+,26?;;;;;/m1...../s1. The highest BCUT2D eigenvalue weighted by Gasteiger charge is 2.57. The maximum absolute atomic E-state index is 4.47. The van der Waals surface area contributed by atoms with Gasteiger partial charge in [-0.25, -0.2) is 0 Å². The Kier molecular flexibility index (Phi) is 20.0. The first kappa shape index (κ1) is 39.4. The summed E-state index contributed by atoms with van der Waals surface area (Å²) in [4.78, 5) is 3.00. The molecule has 4 fully saturated rings. The number of allylic oxidation sites excluding steroid dienone is 1. The van der Waals surface area contributed by atoms with Crippen molar-refractivity contribution in [2.45, 2.75) is 161 Å². The van der Waals surface area contributed by atoms with Gasteiger partial charge in [-0.2, -0.15) is 0 Å². The average molecular weight is 533 g/mol. The minimum absolute atomic E-state index is 0. The van der Waals surface area contributed by atoms with E-state index < -0.39 is 0 Å². The van der Waals surface area contributed by atoms with E-state index in [2.05, 4.69) is 52.6 Å². The summed E-state index contributed by atoms with van der Waals surface area (Å²) in [5.74, 6) is 7.43. The Hall–Kier alpha value is -0.770. The molecule has 226 valence electrons. The molecule has 0 N–H and O–H groups in total. The molecule has 0 saturated heterocycles. The fourth-order valence-electron chi connectivity index (χ4n) is 9.28. The van der Waals surface area contributed by atoms with Crippen LogP contribution in [0.1, 0.15) is 161 Å². The fraction of sp³-hybridized carbons (Fsp3) is 0.919. The molecule has 0 heterocycles. The Morgan fingerprint density at radius 1 is 0.895 bits per heavy atom. The van der Waals surface area contributed by atoms with Crippen LogP contribution in [-0.4, -0.2) is 7.05 Å². The van der Waals surface area contributed by atoms with Crippen molar-refractivity contribution >= 4 is 0 Å². The molecule has 0 radical (unpaired) electrons. The van der Waals surface area contributed by atoms with Crippen molar-refractivity contribution in [3.05, 3.63) is 17.0 Å². The SMILES string of the molecule is C.C#[N+]C.C=C(C)C.CC.CC.CCC[C@@]1(C)CCC2C(CCC3C2CCC2(C)C3CC[C@@H]2[C@H](C)CC)C1. The molecule has 1 heteroatoms. The zero-order valence-corrected chi connectivity index (χ0v) is 27.8. The van der Waals surface area contributed by atoms with E-state index in [-0.39, 0.29) is 7.43 Å². The second-order valence-corrected chi connectivity index (χ2v) is 13.3. The zero-order chi connectivity index (χ0) is 28.8. The van der Waals surface area contributed by atoms with Crippen molar-refractivity contribution in [1.82, 2.24) is 0 Å². The van der Waals surface area contributed by atoms with E-state index in [0.29, 0.717) is 10.8 Å². The van der Waals surface area contributed by atoms with E-state index in [0.717, 1.165) is 41.4 Å². The molecule has 0 bridgehead atoms. The van der Waals surface area contributed by atoms with Gasteiger partial charge < -0.3 is 0 Å². The minimum Gasteiger partial charge on any atom is -0.100 e. The van der Waals surface area contributed by atoms with Crippen molar-refractivity contribution in [3.8, 4) is 6.57 Å². The van der Waals surface area contributed by atoms with Crippen LogP contribution >= 0.6 is 0 Å². The molecule has 0 aromatic carbocycles. The molecule has 6 unspecified atom stereocenters. The van der Waals surface area contributed by atoms with Gasteiger partial charge in [-0.15, -0.1) is 6.58 Å². The molecule has 0 amide bonds. The number of nitrogens with zero attached hydrogens (tertiary/aromatic N) is 1. The van der Waals surface area contributed by atoms with E-state index in [1.54, 1.807) is 51.4 Å². The van der Waals surface area contributed by atoms with Gasteiger partial charge in [0.2, 0.25) is 0 Å². The van der Waals surface area contributed by atoms with Crippen LogP contribution in [0, 0.1) is 58.8 Å². The van der Waals surface area contributed by atoms with Gasteiger partial charge >= 0.3 is 0 Å². The zero-order valence-electron chi connectivity index (χ0n) is 27.8. The molecular formula is C37H74N+. The Balaban J connectivity index is 0. The Morgan fingerprint density at radius 2 is 1.42 bits per heavy atom. The first-order valence-electron chi connectivity index (χ1n) is 16.5. The fourth-order valence-corrected chi connectivity index (χ4v) is 9.28. The van der Waals surface area contributed by atoms with Crippen LogP contribution in [0.25, 0.3) is 4.85 Å². The lowest BCUT2D eigenvalue weighted by Crippen LogP contribution is -2.50. The van der Waals surface area contributed by atoms with E-state index in [1.165, 1.54) is 38.3 Å². The monoisotopic (exact) mass is 533 g/mol. The predicted octanol–water partition coefficient (Wildman–Crippen LogP) is 13.0. The largest absolute Gasteiger partial charge is 0.257 e. The highest BCUT2D eigenvalue weighted by Crippen LogP contribution is 2.66. The molecule has 0 aliphatic heterocycles. The van der Waals surface area contributed by atoms with Crippen LogP contribution in [0.15, 0.2) is 12.2 Å². The quantitative estimate of drug-likeness (QED) is 0.317. The summed E-state index contributed by atoms with van der Waals surface area (Å²) in [6.07, 6.45) is 18.3. The third kappa shape index (κ3) is 10.0. The maximum Gasteiger partial charge on any atom is 0.257 e. The normalized spacial score (nSPS) is 36.8. The van der Waals surface area contributed by atoms with Crippen LogP contribution in [0.2, 0.25) is 0 Å². The lowest BCUT2D eigenvalue weighted by Gasteiger charge is -2.58. The molecule has 0 aromatic heterocycles. The van der Waals surface area contributed by atoms with Gasteiger partial charge in [-0.3, -0.25) is 0 Å². The molecule has 9 atom stereocenters. The third-order valence-corrected chi connectivity index (χ3v) is 10.6. The Morgan fingerprint density at radius 3 is 1.92 bits per heavy atom. The molecule has 4 rings (SSSR count). The summed E-state index contributed by atoms with van der Waals surface area (Å²) in [6.45, 7) is 32.7. The molecular weight excluding hydrogens is 458 g/mol. The summed E-state index contributed by atoms with van der Waals surface area (Å²) < 4.78 is 0. The molecule has 4 aliphatic carbocycles. The summed E-state index contributed by atoms with van der Waals surface area (Å²) >= 11 is 0. The van der Waals surface area contributed by atoms with Gasteiger partial charge in [0.1, 0.15) is 0 Å². The smallest absolute Gasteiger partial charge is 0.100 e. The second-order valence-electron chi connectivity index (χ2n) is 13.3. The lowest BCUT2D eigenvalue weighted by atomic mass is 9.47. The lowest BCUT2D eigenvalue weighted by molar-refractivity contribution is -0.0836. The number of hydrogen-bond acceptors (Lipinski definition) is 0. The van der Waals surface area contributed by atoms with Gasteiger partial charge in [0.15, 0.2) is 0 Å². The Labute approximate surface area is 243 Å². The predicted molar refractivity (Wildman–Crippen MR) is 177 cm³/mol. The van der Waals surface area contributed by atoms with Crippen molar-refractivity contribution in [1.29, 1.82) is 0 Å². The third-order valence-electron chi connectivity index (χ3n) is 10.6. The van der Waals surface area contributed by atoms with Gasteiger partial charge in [0, 0.05) is 0 Å². The summed E-state index contributed by atoms with van der Waals surface area (Å²) in [6, 6.07) is 0. The van der Waals surface area contributed by atoms with E-state index in [4.69, 9.17) is 0 Å². The van der Waals surface area contributed by atoms with Crippen LogP contribution in [0.3, 0.4) is 0 Å². The van der Waals surface area contributed by atoms with Crippen LogP contribution in [-0.2, 0) is 0 Å². The van der Waals surface area contributed by atoms with Crippen molar-refractivity contribution < 1.29 is 0 Å². The summed E-state index contributed by atoms with van der Waals surface area (Å²) in [5.41, 5.74) is 2.54. The Bertz CT molecular complexity index is 654. The summed E-state index contributed by atoms with van der Waals surface area (Å²) in [5, 5.41) is 0. The molecule has 1 nitrogen and oxygen atoms in total. The number of fused-ring (bicyclic) bond motifs is 5. The van der Waals surface area contributed by atoms with E-state index in [1.807, 2.05) is 41.5 Å². The van der Waals surface area contributed by atoms with Crippen LogP contribution in [0.4, 0.5) is 0 Å². The molecule has 0 spiro atoms. The molecule has 38 heavy (non-hydrogen) atoms. The first-order valence-corrected chi connectivity index (χ1v) is 16.5. The van der Waals surface area contributed by atoms with Crippen molar-refractivity contribution in [3.63, 3.8) is 0 Å². The van der Waals surface area contributed by atoms with Crippen molar-refractivity contribution in [2.75, 3.05) is 7.05 Å². The molecule has 4 aliphatic rings. The number of rotatable bonds is 4. The first-order chi connectivity index (χ1) is 17.6. The maximum atomic E-state index is 4.47. The van der Waals surface area contributed by atoms with Gasteiger partial charge in [0.25, 0.3) is 13.6 Å². The molecule has 4 saturated carbocycles. The molecule has 0 aromatic rings. The van der Waals surface area contributed by atoms with Gasteiger partial charge in [-0.1, -0.05) is 93.0 Å². The summed E-state index contributed by atoms with van der Waals surface area (Å²) in [7, 11) is 1.53. The van der Waals surface area contributed by atoms with Crippen LogP contribution in [0.5, 0.6) is 0 Å². The van der Waals surface area contributed by atoms with Gasteiger partial charge in [0.05, 0.1) is 0 Å². The van der Waals surface area contributed by atoms with Gasteiger partial charge in [-0.05, 0) is 130 Å². The second kappa shape index (κ2) is 19.3. The highest BCUT2D eigenvalue weighted by molar-refractivity contribution is 5.07.